The first-order valence-corrected chi connectivity index (χ1v) is 3.85. The summed E-state index contributed by atoms with van der Waals surface area (Å²) >= 11 is 0. The number of hydrogen-bond acceptors (Lipinski definition) is 2. The molecule has 0 saturated carbocycles. The third kappa shape index (κ3) is 2.15. The maximum absolute atomic E-state index is 12.8. The predicted molar refractivity (Wildman–Crippen MR) is 45.7 cm³/mol. The van der Waals surface area contributed by atoms with Gasteiger partial charge < -0.3 is 10.1 Å². The Balaban J connectivity index is 3.09. The normalized spacial score (nSPS) is 10.2. The third-order valence-corrected chi connectivity index (χ3v) is 1.69. The van der Waals surface area contributed by atoms with Gasteiger partial charge in [-0.1, -0.05) is 0 Å². The lowest BCUT2D eigenvalue weighted by atomic mass is 10.2. The third-order valence-electron chi connectivity index (χ3n) is 1.69. The van der Waals surface area contributed by atoms with Crippen molar-refractivity contribution < 1.29 is 13.5 Å². The molecule has 1 rings (SSSR count). The summed E-state index contributed by atoms with van der Waals surface area (Å²) < 4.78 is 30.4. The molecular weight excluding hydrogens is 176 g/mol. The Morgan fingerprint density at radius 2 is 1.92 bits per heavy atom. The van der Waals surface area contributed by atoms with Gasteiger partial charge >= 0.3 is 0 Å². The minimum Gasteiger partial charge on any atom is -0.496 e. The zero-order chi connectivity index (χ0) is 9.84. The molecule has 0 aromatic heterocycles. The van der Waals surface area contributed by atoms with Crippen molar-refractivity contribution in [3.8, 4) is 5.75 Å². The molecule has 1 N–H and O–H groups in total. The molecule has 13 heavy (non-hydrogen) atoms. The van der Waals surface area contributed by atoms with Gasteiger partial charge in [0.1, 0.15) is 5.75 Å². The fourth-order valence-electron chi connectivity index (χ4n) is 1.09. The first kappa shape index (κ1) is 9.92. The molecule has 4 heteroatoms. The summed E-state index contributed by atoms with van der Waals surface area (Å²) in [6, 6.07) is 2.17. The van der Waals surface area contributed by atoms with Crippen molar-refractivity contribution in [1.82, 2.24) is 5.32 Å². The van der Waals surface area contributed by atoms with Gasteiger partial charge in [-0.2, -0.15) is 0 Å². The van der Waals surface area contributed by atoms with Gasteiger partial charge in [-0.3, -0.25) is 0 Å². The zero-order valence-corrected chi connectivity index (χ0v) is 7.53. The summed E-state index contributed by atoms with van der Waals surface area (Å²) in [7, 11) is 3.15. The second-order valence-corrected chi connectivity index (χ2v) is 2.61. The van der Waals surface area contributed by atoms with Crippen molar-refractivity contribution in [3.05, 3.63) is 29.3 Å². The van der Waals surface area contributed by atoms with Gasteiger partial charge in [0.15, 0.2) is 11.6 Å². The van der Waals surface area contributed by atoms with Crippen LogP contribution in [-0.4, -0.2) is 14.2 Å². The molecule has 0 aliphatic carbocycles. The number of methoxy groups -OCH3 is 1. The molecule has 0 fully saturated rings. The van der Waals surface area contributed by atoms with E-state index in [1.807, 2.05) is 0 Å². The van der Waals surface area contributed by atoms with Gasteiger partial charge in [0, 0.05) is 18.2 Å². The molecule has 0 radical (unpaired) electrons. The molecule has 0 amide bonds. The number of benzene rings is 1. The molecule has 1 aromatic rings. The Bertz CT molecular complexity index is 302. The molecule has 0 bridgehead atoms. The number of hydrogen-bond donors (Lipinski definition) is 1. The van der Waals surface area contributed by atoms with Crippen molar-refractivity contribution >= 4 is 0 Å². The molecule has 1 aromatic carbocycles. The SMILES string of the molecule is CNCc1cc(F)c(F)cc1OC. The summed E-state index contributed by atoms with van der Waals surface area (Å²) in [5.74, 6) is -1.39. The highest BCUT2D eigenvalue weighted by Gasteiger charge is 2.08. The van der Waals surface area contributed by atoms with Crippen molar-refractivity contribution in [1.29, 1.82) is 0 Å². The first-order chi connectivity index (χ1) is 6.19. The van der Waals surface area contributed by atoms with Crippen LogP contribution in [0.2, 0.25) is 0 Å². The summed E-state index contributed by atoms with van der Waals surface area (Å²) in [5.41, 5.74) is 0.601. The maximum Gasteiger partial charge on any atom is 0.162 e. The lowest BCUT2D eigenvalue weighted by molar-refractivity contribution is 0.399. The fourth-order valence-corrected chi connectivity index (χ4v) is 1.09. The van der Waals surface area contributed by atoms with E-state index >= 15 is 0 Å². The van der Waals surface area contributed by atoms with Crippen LogP contribution in [-0.2, 0) is 6.54 Å². The standard InChI is InChI=1S/C9H11F2NO/c1-12-5-6-3-7(10)8(11)4-9(6)13-2/h3-4,12H,5H2,1-2H3. The van der Waals surface area contributed by atoms with E-state index in [0.29, 0.717) is 17.9 Å². The van der Waals surface area contributed by atoms with E-state index in [1.165, 1.54) is 7.11 Å². The van der Waals surface area contributed by atoms with Gasteiger partial charge in [-0.05, 0) is 13.1 Å². The van der Waals surface area contributed by atoms with Gasteiger partial charge in [-0.25, -0.2) is 8.78 Å². The van der Waals surface area contributed by atoms with Crippen LogP contribution in [0.1, 0.15) is 5.56 Å². The number of ether oxygens (including phenoxy) is 1. The minimum absolute atomic E-state index is 0.355. The van der Waals surface area contributed by atoms with Crippen LogP contribution in [0.25, 0.3) is 0 Å². The van der Waals surface area contributed by atoms with E-state index in [4.69, 9.17) is 4.74 Å². The van der Waals surface area contributed by atoms with E-state index in [2.05, 4.69) is 5.32 Å². The monoisotopic (exact) mass is 187 g/mol. The number of halogens is 2. The van der Waals surface area contributed by atoms with Crippen LogP contribution >= 0.6 is 0 Å². The Morgan fingerprint density at radius 3 is 2.46 bits per heavy atom. The highest BCUT2D eigenvalue weighted by Crippen LogP contribution is 2.21. The zero-order valence-electron chi connectivity index (χ0n) is 7.53. The Kier molecular flexibility index (Phi) is 3.19. The average molecular weight is 187 g/mol. The summed E-state index contributed by atoms with van der Waals surface area (Å²) in [6.07, 6.45) is 0. The van der Waals surface area contributed by atoms with E-state index in [0.717, 1.165) is 12.1 Å². The second-order valence-electron chi connectivity index (χ2n) is 2.61. The van der Waals surface area contributed by atoms with Crippen LogP contribution in [0, 0.1) is 11.6 Å². The van der Waals surface area contributed by atoms with Crippen molar-refractivity contribution in [2.75, 3.05) is 14.2 Å². The van der Waals surface area contributed by atoms with Gasteiger partial charge in [0.25, 0.3) is 0 Å². The van der Waals surface area contributed by atoms with Crippen molar-refractivity contribution in [2.45, 2.75) is 6.54 Å². The van der Waals surface area contributed by atoms with Crippen LogP contribution in [0.15, 0.2) is 12.1 Å². The number of nitrogens with one attached hydrogen (secondary N) is 1. The Labute approximate surface area is 75.5 Å². The van der Waals surface area contributed by atoms with E-state index in [-0.39, 0.29) is 0 Å². The number of rotatable bonds is 3. The lowest BCUT2D eigenvalue weighted by Gasteiger charge is -2.08. The molecule has 0 heterocycles. The van der Waals surface area contributed by atoms with E-state index in [9.17, 15) is 8.78 Å². The van der Waals surface area contributed by atoms with Gasteiger partial charge in [0.05, 0.1) is 7.11 Å². The largest absolute Gasteiger partial charge is 0.496 e. The second kappa shape index (κ2) is 4.18. The maximum atomic E-state index is 12.8. The average Bonchev–Trinajstić information content (AvgIpc) is 2.11. The van der Waals surface area contributed by atoms with Crippen molar-refractivity contribution in [3.63, 3.8) is 0 Å². The smallest absolute Gasteiger partial charge is 0.162 e. The van der Waals surface area contributed by atoms with Crippen LogP contribution in [0.3, 0.4) is 0 Å². The van der Waals surface area contributed by atoms with Crippen LogP contribution in [0.5, 0.6) is 5.75 Å². The molecule has 0 atom stereocenters. The van der Waals surface area contributed by atoms with Crippen molar-refractivity contribution in [2.24, 2.45) is 0 Å². The van der Waals surface area contributed by atoms with Crippen LogP contribution in [0.4, 0.5) is 8.78 Å². The van der Waals surface area contributed by atoms with E-state index < -0.39 is 11.6 Å². The minimum atomic E-state index is -0.892. The molecule has 72 valence electrons. The van der Waals surface area contributed by atoms with Gasteiger partial charge in [0.2, 0.25) is 0 Å². The Morgan fingerprint density at radius 1 is 1.31 bits per heavy atom. The topological polar surface area (TPSA) is 21.3 Å². The molecule has 0 unspecified atom stereocenters. The van der Waals surface area contributed by atoms with Gasteiger partial charge in [-0.15, -0.1) is 0 Å². The van der Waals surface area contributed by atoms with Crippen LogP contribution < -0.4 is 10.1 Å². The summed E-state index contributed by atoms with van der Waals surface area (Å²) in [6.45, 7) is 0.445. The lowest BCUT2D eigenvalue weighted by Crippen LogP contribution is -2.07. The molecular formula is C9H11F2NO. The quantitative estimate of drug-likeness (QED) is 0.777. The highest BCUT2D eigenvalue weighted by molar-refractivity contribution is 5.34. The summed E-state index contributed by atoms with van der Waals surface area (Å²) in [4.78, 5) is 0. The fraction of sp³-hybridized carbons (Fsp3) is 0.333. The molecule has 0 aliphatic rings. The summed E-state index contributed by atoms with van der Waals surface area (Å²) in [5, 5.41) is 2.84. The molecule has 0 aliphatic heterocycles. The molecule has 0 spiro atoms. The molecule has 2 nitrogen and oxygen atoms in total. The molecule has 0 saturated heterocycles. The first-order valence-electron chi connectivity index (χ1n) is 3.85. The Hall–Kier alpha value is -1.16. The highest BCUT2D eigenvalue weighted by atomic mass is 19.2. The predicted octanol–water partition coefficient (Wildman–Crippen LogP) is 1.69. The van der Waals surface area contributed by atoms with E-state index in [1.54, 1.807) is 7.05 Å².